The maximum absolute atomic E-state index is 13.4. The van der Waals surface area contributed by atoms with E-state index >= 15 is 0 Å². The molecule has 2 aromatic rings. The van der Waals surface area contributed by atoms with E-state index in [1.54, 1.807) is 6.92 Å². The molecular formula is C13H17FN6O3. The number of rotatable bonds is 2. The first-order chi connectivity index (χ1) is 10.8. The SMILES string of the molecule is CNC(=O)[C@@]1(C)C[C@@H](n2cnc3c(N)nc(F)nc32)C(O)C1O. The number of imidazole rings is 1. The molecule has 3 rings (SSSR count). The zero-order valence-electron chi connectivity index (χ0n) is 12.6. The minimum atomic E-state index is -1.28. The molecule has 0 saturated heterocycles. The molecule has 2 aromatic heterocycles. The highest BCUT2D eigenvalue weighted by atomic mass is 19.1. The summed E-state index contributed by atoms with van der Waals surface area (Å²) in [4.78, 5) is 23.2. The van der Waals surface area contributed by atoms with E-state index in [1.165, 1.54) is 17.9 Å². The molecule has 1 fully saturated rings. The van der Waals surface area contributed by atoms with Gasteiger partial charge in [-0.15, -0.1) is 0 Å². The van der Waals surface area contributed by atoms with Crippen molar-refractivity contribution in [3.05, 3.63) is 12.4 Å². The number of halogens is 1. The van der Waals surface area contributed by atoms with E-state index in [-0.39, 0.29) is 23.4 Å². The molecule has 1 saturated carbocycles. The van der Waals surface area contributed by atoms with E-state index in [0.717, 1.165) is 0 Å². The number of carbonyl (C=O) groups excluding carboxylic acids is 1. The Morgan fingerprint density at radius 2 is 2.22 bits per heavy atom. The Balaban J connectivity index is 2.08. The van der Waals surface area contributed by atoms with Gasteiger partial charge >= 0.3 is 6.08 Å². The lowest BCUT2D eigenvalue weighted by Gasteiger charge is -2.26. The number of aliphatic hydroxyl groups is 2. The zero-order valence-corrected chi connectivity index (χ0v) is 12.6. The molecule has 5 N–H and O–H groups in total. The topological polar surface area (TPSA) is 139 Å². The van der Waals surface area contributed by atoms with Gasteiger partial charge in [-0.2, -0.15) is 14.4 Å². The quantitative estimate of drug-likeness (QED) is 0.518. The molecule has 1 aliphatic carbocycles. The summed E-state index contributed by atoms with van der Waals surface area (Å²) in [5.74, 6) is -0.510. The number of aromatic nitrogens is 4. The maximum atomic E-state index is 13.4. The first-order valence-corrected chi connectivity index (χ1v) is 7.03. The Morgan fingerprint density at radius 1 is 1.52 bits per heavy atom. The third-order valence-corrected chi connectivity index (χ3v) is 4.53. The number of amides is 1. The molecule has 0 aromatic carbocycles. The summed E-state index contributed by atoms with van der Waals surface area (Å²) in [5, 5.41) is 23.1. The van der Waals surface area contributed by atoms with Crippen LogP contribution in [-0.2, 0) is 4.79 Å². The average Bonchev–Trinajstić information content (AvgIpc) is 3.02. The van der Waals surface area contributed by atoms with Crippen LogP contribution >= 0.6 is 0 Å². The number of nitrogens with zero attached hydrogens (tertiary/aromatic N) is 4. The summed E-state index contributed by atoms with van der Waals surface area (Å²) < 4.78 is 14.8. The van der Waals surface area contributed by atoms with E-state index in [4.69, 9.17) is 5.73 Å². The largest absolute Gasteiger partial charge is 0.389 e. The standard InChI is InChI=1S/C13H17FN6O3/c1-13(11(23)16-2)3-5(7(21)8(13)22)20-4-17-6-9(15)18-12(14)19-10(6)20/h4-5,7-8,21-22H,3H2,1-2H3,(H,16,23)(H2,15,18,19)/t5-,7?,8?,13+/m1/s1. The van der Waals surface area contributed by atoms with Crippen LogP contribution in [0.4, 0.5) is 10.2 Å². The number of fused-ring (bicyclic) bond motifs is 1. The number of anilines is 1. The van der Waals surface area contributed by atoms with Gasteiger partial charge in [0.1, 0.15) is 11.6 Å². The van der Waals surface area contributed by atoms with E-state index in [1.807, 2.05) is 0 Å². The van der Waals surface area contributed by atoms with Crippen molar-refractivity contribution in [2.24, 2.45) is 5.41 Å². The molecule has 0 spiro atoms. The fraction of sp³-hybridized carbons (Fsp3) is 0.538. The lowest BCUT2D eigenvalue weighted by molar-refractivity contribution is -0.136. The second kappa shape index (κ2) is 5.10. The van der Waals surface area contributed by atoms with Crippen LogP contribution in [0.2, 0.25) is 0 Å². The molecule has 9 nitrogen and oxygen atoms in total. The van der Waals surface area contributed by atoms with Crippen molar-refractivity contribution in [1.29, 1.82) is 0 Å². The van der Waals surface area contributed by atoms with Crippen molar-refractivity contribution >= 4 is 22.9 Å². The summed E-state index contributed by atoms with van der Waals surface area (Å²) in [5.41, 5.74) is 4.72. The molecule has 124 valence electrons. The Morgan fingerprint density at radius 3 is 2.87 bits per heavy atom. The minimum absolute atomic E-state index is 0.104. The molecule has 1 aliphatic rings. The highest BCUT2D eigenvalue weighted by molar-refractivity contribution is 5.84. The Hall–Kier alpha value is -2.33. The van der Waals surface area contributed by atoms with Gasteiger partial charge in [0.15, 0.2) is 11.5 Å². The van der Waals surface area contributed by atoms with Crippen molar-refractivity contribution in [1.82, 2.24) is 24.8 Å². The summed E-state index contributed by atoms with van der Waals surface area (Å²) in [6.45, 7) is 1.56. The van der Waals surface area contributed by atoms with Crippen LogP contribution in [0.3, 0.4) is 0 Å². The fourth-order valence-electron chi connectivity index (χ4n) is 3.19. The molecule has 2 unspecified atom stereocenters. The lowest BCUT2D eigenvalue weighted by Crippen LogP contribution is -2.45. The molecule has 0 aliphatic heterocycles. The smallest absolute Gasteiger partial charge is 0.312 e. The predicted octanol–water partition coefficient (Wildman–Crippen LogP) is -1.03. The van der Waals surface area contributed by atoms with Crippen molar-refractivity contribution in [2.75, 3.05) is 12.8 Å². The molecule has 10 heteroatoms. The van der Waals surface area contributed by atoms with Gasteiger partial charge in [0, 0.05) is 7.05 Å². The zero-order chi connectivity index (χ0) is 16.9. The van der Waals surface area contributed by atoms with Crippen LogP contribution in [-0.4, -0.2) is 54.9 Å². The average molecular weight is 324 g/mol. The van der Waals surface area contributed by atoms with Crippen LogP contribution in [0.5, 0.6) is 0 Å². The Labute approximate surface area is 130 Å². The van der Waals surface area contributed by atoms with E-state index in [9.17, 15) is 19.4 Å². The van der Waals surface area contributed by atoms with Crippen LogP contribution in [0, 0.1) is 11.5 Å². The number of carbonyl (C=O) groups is 1. The summed E-state index contributed by atoms with van der Waals surface area (Å²) in [6, 6.07) is -0.703. The lowest BCUT2D eigenvalue weighted by atomic mass is 9.85. The van der Waals surface area contributed by atoms with Crippen LogP contribution in [0.25, 0.3) is 11.2 Å². The molecule has 0 radical (unpaired) electrons. The fourth-order valence-corrected chi connectivity index (χ4v) is 3.19. The van der Waals surface area contributed by atoms with Gasteiger partial charge in [-0.05, 0) is 13.3 Å². The van der Waals surface area contributed by atoms with E-state index in [0.29, 0.717) is 0 Å². The molecular weight excluding hydrogens is 307 g/mol. The normalized spacial score (nSPS) is 30.7. The van der Waals surface area contributed by atoms with E-state index in [2.05, 4.69) is 20.3 Å². The van der Waals surface area contributed by atoms with Crippen LogP contribution < -0.4 is 11.1 Å². The van der Waals surface area contributed by atoms with Crippen LogP contribution in [0.15, 0.2) is 6.33 Å². The van der Waals surface area contributed by atoms with Crippen molar-refractivity contribution < 1.29 is 19.4 Å². The summed E-state index contributed by atoms with van der Waals surface area (Å²) >= 11 is 0. The molecule has 4 atom stereocenters. The number of hydrogen-bond acceptors (Lipinski definition) is 7. The van der Waals surface area contributed by atoms with E-state index < -0.39 is 35.7 Å². The van der Waals surface area contributed by atoms with Crippen molar-refractivity contribution in [2.45, 2.75) is 31.6 Å². The molecule has 1 amide bonds. The third-order valence-electron chi connectivity index (χ3n) is 4.53. The number of hydrogen-bond donors (Lipinski definition) is 4. The first kappa shape index (κ1) is 15.6. The number of nitrogen functional groups attached to an aromatic ring is 1. The number of aliphatic hydroxyl groups excluding tert-OH is 2. The summed E-state index contributed by atoms with van der Waals surface area (Å²) in [6.07, 6.45) is -2.07. The van der Waals surface area contributed by atoms with Gasteiger partial charge in [0.25, 0.3) is 0 Å². The monoisotopic (exact) mass is 324 g/mol. The van der Waals surface area contributed by atoms with Gasteiger partial charge in [-0.25, -0.2) is 4.98 Å². The van der Waals surface area contributed by atoms with Gasteiger partial charge in [0.2, 0.25) is 5.91 Å². The highest BCUT2D eigenvalue weighted by Crippen LogP contribution is 2.45. The summed E-state index contributed by atoms with van der Waals surface area (Å²) in [7, 11) is 1.45. The molecule has 2 heterocycles. The number of nitrogens with two attached hydrogens (primary N) is 1. The van der Waals surface area contributed by atoms with Gasteiger partial charge in [0.05, 0.1) is 23.9 Å². The third kappa shape index (κ3) is 2.13. The maximum Gasteiger partial charge on any atom is 0.312 e. The van der Waals surface area contributed by atoms with Gasteiger partial charge < -0.3 is 25.8 Å². The predicted molar refractivity (Wildman–Crippen MR) is 77.5 cm³/mol. The molecule has 0 bridgehead atoms. The Bertz CT molecular complexity index is 780. The highest BCUT2D eigenvalue weighted by Gasteiger charge is 2.54. The van der Waals surface area contributed by atoms with Crippen LogP contribution in [0.1, 0.15) is 19.4 Å². The Kier molecular flexibility index (Phi) is 3.45. The van der Waals surface area contributed by atoms with Gasteiger partial charge in [-0.3, -0.25) is 4.79 Å². The second-order valence-corrected chi connectivity index (χ2v) is 5.91. The second-order valence-electron chi connectivity index (χ2n) is 5.91. The molecule has 23 heavy (non-hydrogen) atoms. The van der Waals surface area contributed by atoms with Gasteiger partial charge in [-0.1, -0.05) is 0 Å². The first-order valence-electron chi connectivity index (χ1n) is 7.03. The minimum Gasteiger partial charge on any atom is -0.389 e. The number of nitrogens with one attached hydrogen (secondary N) is 1. The van der Waals surface area contributed by atoms with Crippen molar-refractivity contribution in [3.8, 4) is 0 Å². The van der Waals surface area contributed by atoms with Crippen molar-refractivity contribution in [3.63, 3.8) is 0 Å².